The lowest BCUT2D eigenvalue weighted by Crippen LogP contribution is -2.31. The first-order chi connectivity index (χ1) is 17.4. The van der Waals surface area contributed by atoms with Crippen LogP contribution in [0.2, 0.25) is 5.02 Å². The molecule has 2 heterocycles. The molecule has 4 aromatic rings. The van der Waals surface area contributed by atoms with Gasteiger partial charge in [-0.25, -0.2) is 4.98 Å². The van der Waals surface area contributed by atoms with E-state index in [1.807, 2.05) is 60.0 Å². The molecule has 5 rings (SSSR count). The van der Waals surface area contributed by atoms with Crippen molar-refractivity contribution in [1.82, 2.24) is 9.55 Å². The van der Waals surface area contributed by atoms with Crippen LogP contribution in [0.15, 0.2) is 71.9 Å². The van der Waals surface area contributed by atoms with Crippen molar-refractivity contribution in [2.24, 2.45) is 0 Å². The van der Waals surface area contributed by atoms with Crippen molar-refractivity contribution in [3.63, 3.8) is 0 Å². The molecule has 1 aliphatic rings. The first-order valence-corrected chi connectivity index (χ1v) is 11.6. The van der Waals surface area contributed by atoms with Crippen LogP contribution < -0.4 is 24.8 Å². The number of imidazole rings is 1. The number of methoxy groups -OCH3 is 3. The van der Waals surface area contributed by atoms with Gasteiger partial charge in [0.2, 0.25) is 5.95 Å². The highest BCUT2D eigenvalue weighted by Gasteiger charge is 2.34. The van der Waals surface area contributed by atoms with Gasteiger partial charge in [0.1, 0.15) is 17.2 Å². The lowest BCUT2D eigenvalue weighted by atomic mass is 9.94. The van der Waals surface area contributed by atoms with E-state index < -0.39 is 6.04 Å². The molecule has 0 fully saturated rings. The van der Waals surface area contributed by atoms with Crippen molar-refractivity contribution in [3.05, 3.63) is 82.5 Å². The van der Waals surface area contributed by atoms with Gasteiger partial charge in [-0.2, -0.15) is 0 Å². The number of hydrogen-bond donors (Lipinski definition) is 2. The van der Waals surface area contributed by atoms with E-state index in [1.54, 1.807) is 19.2 Å². The van der Waals surface area contributed by atoms with Gasteiger partial charge in [0.05, 0.1) is 54.7 Å². The van der Waals surface area contributed by atoms with E-state index in [0.717, 1.165) is 22.3 Å². The molecular weight excluding hydrogens is 480 g/mol. The molecule has 2 N–H and O–H groups in total. The number of nitrogens with zero attached hydrogens (tertiary/aromatic N) is 2. The van der Waals surface area contributed by atoms with Crippen molar-refractivity contribution in [2.45, 2.75) is 13.0 Å². The molecule has 1 unspecified atom stereocenters. The van der Waals surface area contributed by atoms with Crippen LogP contribution >= 0.6 is 11.6 Å². The van der Waals surface area contributed by atoms with Gasteiger partial charge in [-0.05, 0) is 36.8 Å². The SMILES string of the molecule is COc1ccc(C2C(C(=O)Nc3cc(OC)c(Cl)cc3OC)=C(C)Nc3nc4ccccc4n32)cc1. The molecule has 0 aliphatic carbocycles. The number of rotatable bonds is 6. The number of benzene rings is 3. The van der Waals surface area contributed by atoms with E-state index >= 15 is 0 Å². The third-order valence-corrected chi connectivity index (χ3v) is 6.52. The first-order valence-electron chi connectivity index (χ1n) is 11.3. The highest BCUT2D eigenvalue weighted by Crippen LogP contribution is 2.41. The standard InChI is InChI=1S/C27H25ClN4O4/c1-15-24(26(33)30-20-14-22(35-3)18(28)13-23(20)36-4)25(16-9-11-17(34-2)12-10-16)32-21-8-6-5-7-19(21)31-27(32)29-15/h5-14,25H,1-4H3,(H,29,31)(H,30,33). The lowest BCUT2D eigenvalue weighted by molar-refractivity contribution is -0.113. The Balaban J connectivity index is 1.64. The van der Waals surface area contributed by atoms with Crippen LogP contribution in [0.5, 0.6) is 17.2 Å². The minimum atomic E-state index is -0.445. The number of ether oxygens (including phenoxy) is 3. The van der Waals surface area contributed by atoms with Gasteiger partial charge in [-0.3, -0.25) is 9.36 Å². The van der Waals surface area contributed by atoms with Crippen molar-refractivity contribution in [3.8, 4) is 17.2 Å². The van der Waals surface area contributed by atoms with Gasteiger partial charge in [0, 0.05) is 17.8 Å². The Kier molecular flexibility index (Phi) is 6.20. The van der Waals surface area contributed by atoms with E-state index in [1.165, 1.54) is 14.2 Å². The summed E-state index contributed by atoms with van der Waals surface area (Å²) >= 11 is 6.26. The van der Waals surface area contributed by atoms with Crippen molar-refractivity contribution < 1.29 is 19.0 Å². The maximum atomic E-state index is 13.9. The normalized spacial score (nSPS) is 14.8. The Bertz CT molecular complexity index is 1490. The molecule has 0 saturated heterocycles. The molecule has 0 bridgehead atoms. The number of halogens is 1. The molecule has 9 heteroatoms. The van der Waals surface area contributed by atoms with Gasteiger partial charge in [-0.15, -0.1) is 0 Å². The summed E-state index contributed by atoms with van der Waals surface area (Å²) in [6.45, 7) is 1.87. The summed E-state index contributed by atoms with van der Waals surface area (Å²) in [6, 6.07) is 18.3. The third kappa shape index (κ3) is 3.99. The molecule has 3 aromatic carbocycles. The zero-order valence-electron chi connectivity index (χ0n) is 20.3. The fourth-order valence-electron chi connectivity index (χ4n) is 4.51. The monoisotopic (exact) mass is 504 g/mol. The highest BCUT2D eigenvalue weighted by molar-refractivity contribution is 6.32. The molecule has 1 amide bonds. The quantitative estimate of drug-likeness (QED) is 0.353. The second kappa shape index (κ2) is 9.47. The van der Waals surface area contributed by atoms with Crippen LogP contribution in [-0.2, 0) is 4.79 Å². The van der Waals surface area contributed by atoms with Gasteiger partial charge in [0.15, 0.2) is 0 Å². The summed E-state index contributed by atoms with van der Waals surface area (Å²) in [7, 11) is 4.66. The summed E-state index contributed by atoms with van der Waals surface area (Å²) in [6.07, 6.45) is 0. The van der Waals surface area contributed by atoms with Gasteiger partial charge in [0.25, 0.3) is 5.91 Å². The van der Waals surface area contributed by atoms with Crippen molar-refractivity contribution >= 4 is 40.2 Å². The Hall–Kier alpha value is -4.17. The fraction of sp³-hybridized carbons (Fsp3) is 0.185. The molecular formula is C27H25ClN4O4. The van der Waals surface area contributed by atoms with E-state index in [4.69, 9.17) is 30.8 Å². The molecule has 36 heavy (non-hydrogen) atoms. The molecule has 0 radical (unpaired) electrons. The molecule has 184 valence electrons. The number of anilines is 2. The summed E-state index contributed by atoms with van der Waals surface area (Å²) < 4.78 is 18.2. The number of para-hydroxylation sites is 2. The summed E-state index contributed by atoms with van der Waals surface area (Å²) in [5.41, 5.74) is 4.31. The Labute approximate surface area is 213 Å². The third-order valence-electron chi connectivity index (χ3n) is 6.23. The summed E-state index contributed by atoms with van der Waals surface area (Å²) in [5, 5.41) is 6.70. The number of aromatic nitrogens is 2. The van der Waals surface area contributed by atoms with Crippen LogP contribution in [0.1, 0.15) is 18.5 Å². The number of hydrogen-bond acceptors (Lipinski definition) is 6. The number of allylic oxidation sites excluding steroid dienone is 1. The molecule has 0 saturated carbocycles. The van der Waals surface area contributed by atoms with Crippen LogP contribution in [0, 0.1) is 0 Å². The van der Waals surface area contributed by atoms with Gasteiger partial charge < -0.3 is 24.8 Å². The Morgan fingerprint density at radius 3 is 2.42 bits per heavy atom. The Morgan fingerprint density at radius 2 is 1.72 bits per heavy atom. The predicted molar refractivity (Wildman–Crippen MR) is 140 cm³/mol. The maximum Gasteiger partial charge on any atom is 0.255 e. The van der Waals surface area contributed by atoms with Crippen molar-refractivity contribution in [2.75, 3.05) is 32.0 Å². The number of carbonyl (C=O) groups excluding carboxylic acids is 1. The first kappa shape index (κ1) is 23.6. The average molecular weight is 505 g/mol. The zero-order chi connectivity index (χ0) is 25.4. The summed E-state index contributed by atoms with van der Waals surface area (Å²) in [4.78, 5) is 18.7. The molecule has 1 atom stereocenters. The number of fused-ring (bicyclic) bond motifs is 3. The van der Waals surface area contributed by atoms with Crippen LogP contribution in [0.25, 0.3) is 11.0 Å². The van der Waals surface area contributed by atoms with E-state index in [2.05, 4.69) is 10.6 Å². The van der Waals surface area contributed by atoms with E-state index in [-0.39, 0.29) is 5.91 Å². The fourth-order valence-corrected chi connectivity index (χ4v) is 4.74. The van der Waals surface area contributed by atoms with Crippen molar-refractivity contribution in [1.29, 1.82) is 0 Å². The second-order valence-corrected chi connectivity index (χ2v) is 8.68. The minimum absolute atomic E-state index is 0.299. The zero-order valence-corrected chi connectivity index (χ0v) is 21.0. The highest BCUT2D eigenvalue weighted by atomic mass is 35.5. The number of amides is 1. The molecule has 1 aromatic heterocycles. The topological polar surface area (TPSA) is 86.6 Å². The maximum absolute atomic E-state index is 13.9. The van der Waals surface area contributed by atoms with Crippen LogP contribution in [0.4, 0.5) is 11.6 Å². The molecule has 0 spiro atoms. The lowest BCUT2D eigenvalue weighted by Gasteiger charge is -2.31. The van der Waals surface area contributed by atoms with Crippen LogP contribution in [-0.4, -0.2) is 36.8 Å². The predicted octanol–water partition coefficient (Wildman–Crippen LogP) is 5.64. The average Bonchev–Trinajstić information content (AvgIpc) is 3.26. The molecule has 1 aliphatic heterocycles. The summed E-state index contributed by atoms with van der Waals surface area (Å²) in [5.74, 6) is 1.94. The van der Waals surface area contributed by atoms with Crippen LogP contribution in [0.3, 0.4) is 0 Å². The number of nitrogens with one attached hydrogen (secondary N) is 2. The van der Waals surface area contributed by atoms with E-state index in [9.17, 15) is 4.79 Å². The minimum Gasteiger partial charge on any atom is -0.497 e. The smallest absolute Gasteiger partial charge is 0.255 e. The molecule has 8 nitrogen and oxygen atoms in total. The van der Waals surface area contributed by atoms with Gasteiger partial charge in [-0.1, -0.05) is 35.9 Å². The largest absolute Gasteiger partial charge is 0.497 e. The van der Waals surface area contributed by atoms with E-state index in [0.29, 0.717) is 39.4 Å². The Morgan fingerprint density at radius 1 is 1.00 bits per heavy atom. The van der Waals surface area contributed by atoms with Gasteiger partial charge >= 0.3 is 0 Å². The second-order valence-electron chi connectivity index (χ2n) is 8.27. The number of carbonyl (C=O) groups is 1.